The van der Waals surface area contributed by atoms with Gasteiger partial charge in [-0.15, -0.1) is 0 Å². The van der Waals surface area contributed by atoms with Crippen LogP contribution in [0.15, 0.2) is 78.9 Å². The maximum absolute atomic E-state index is 10.9. The number of ether oxygens (including phenoxy) is 1. The summed E-state index contributed by atoms with van der Waals surface area (Å²) < 4.78 is 6.15. The van der Waals surface area contributed by atoms with E-state index in [1.165, 1.54) is 0 Å². The number of aliphatic hydroxyl groups excluding tert-OH is 1. The lowest BCUT2D eigenvalue weighted by molar-refractivity contribution is 0.210. The van der Waals surface area contributed by atoms with E-state index in [0.717, 1.165) is 40.8 Å². The minimum atomic E-state index is -0.707. The van der Waals surface area contributed by atoms with E-state index < -0.39 is 6.10 Å². The lowest BCUT2D eigenvalue weighted by Gasteiger charge is -2.20. The number of benzene rings is 3. The average molecular weight is 332 g/mol. The zero-order chi connectivity index (χ0) is 17.5. The predicted octanol–water partition coefficient (Wildman–Crippen LogP) is 5.61. The van der Waals surface area contributed by atoms with Gasteiger partial charge in [-0.2, -0.15) is 0 Å². The van der Waals surface area contributed by atoms with Gasteiger partial charge in [0.15, 0.2) is 0 Å². The third kappa shape index (κ3) is 4.09. The number of hydrogen-bond acceptors (Lipinski definition) is 2. The van der Waals surface area contributed by atoms with Crippen LogP contribution in [0.25, 0.3) is 11.1 Å². The van der Waals surface area contributed by atoms with Crippen molar-refractivity contribution in [2.75, 3.05) is 6.61 Å². The summed E-state index contributed by atoms with van der Waals surface area (Å²) in [6.07, 6.45) is 1.36. The van der Waals surface area contributed by atoms with Gasteiger partial charge in [0.1, 0.15) is 11.9 Å². The molecule has 0 aliphatic heterocycles. The summed E-state index contributed by atoms with van der Waals surface area (Å²) in [5, 5.41) is 10.9. The van der Waals surface area contributed by atoms with Crippen molar-refractivity contribution in [2.45, 2.75) is 25.9 Å². The second kappa shape index (κ2) is 8.50. The molecule has 2 heteroatoms. The van der Waals surface area contributed by atoms with Crippen LogP contribution in [0.5, 0.6) is 5.75 Å². The molecule has 0 saturated heterocycles. The fourth-order valence-electron chi connectivity index (χ4n) is 2.91. The first-order valence-electron chi connectivity index (χ1n) is 8.85. The summed E-state index contributed by atoms with van der Waals surface area (Å²) in [4.78, 5) is 0. The molecule has 25 heavy (non-hydrogen) atoms. The van der Waals surface area contributed by atoms with Gasteiger partial charge in [-0.3, -0.25) is 0 Å². The van der Waals surface area contributed by atoms with Crippen LogP contribution < -0.4 is 4.74 Å². The first kappa shape index (κ1) is 17.2. The third-order valence-corrected chi connectivity index (χ3v) is 4.28. The fraction of sp³-hybridized carbons (Fsp3) is 0.217. The molecule has 3 aromatic carbocycles. The maximum atomic E-state index is 10.9. The third-order valence-electron chi connectivity index (χ3n) is 4.28. The minimum absolute atomic E-state index is 0.648. The second-order valence-corrected chi connectivity index (χ2v) is 6.11. The summed E-state index contributed by atoms with van der Waals surface area (Å²) in [6.45, 7) is 2.79. The number of aliphatic hydroxyl groups is 1. The van der Waals surface area contributed by atoms with E-state index >= 15 is 0 Å². The molecule has 1 unspecified atom stereocenters. The molecule has 0 amide bonds. The minimum Gasteiger partial charge on any atom is -0.493 e. The van der Waals surface area contributed by atoms with Crippen molar-refractivity contribution in [2.24, 2.45) is 0 Å². The monoisotopic (exact) mass is 332 g/mol. The van der Waals surface area contributed by atoms with Gasteiger partial charge in [-0.25, -0.2) is 0 Å². The van der Waals surface area contributed by atoms with Crippen molar-refractivity contribution < 1.29 is 9.84 Å². The highest BCUT2D eigenvalue weighted by Gasteiger charge is 2.19. The van der Waals surface area contributed by atoms with Crippen LogP contribution in [0.1, 0.15) is 37.0 Å². The fourth-order valence-corrected chi connectivity index (χ4v) is 2.91. The molecule has 0 spiro atoms. The Morgan fingerprint density at radius 2 is 1.52 bits per heavy atom. The van der Waals surface area contributed by atoms with E-state index in [9.17, 15) is 5.11 Å². The van der Waals surface area contributed by atoms with Crippen molar-refractivity contribution >= 4 is 0 Å². The SMILES string of the molecule is CCCCOc1c(-c2ccccc2)cccc1C(O)c1ccccc1. The number of para-hydroxylation sites is 1. The van der Waals surface area contributed by atoms with E-state index in [2.05, 4.69) is 25.1 Å². The van der Waals surface area contributed by atoms with Gasteiger partial charge < -0.3 is 9.84 Å². The largest absolute Gasteiger partial charge is 0.493 e. The molecule has 2 nitrogen and oxygen atoms in total. The molecule has 1 atom stereocenters. The molecule has 1 N–H and O–H groups in total. The Balaban J connectivity index is 2.05. The lowest BCUT2D eigenvalue weighted by Crippen LogP contribution is -2.06. The summed E-state index contributed by atoms with van der Waals surface area (Å²) in [5.74, 6) is 0.776. The number of rotatable bonds is 7. The first-order chi connectivity index (χ1) is 12.3. The Hall–Kier alpha value is -2.58. The average Bonchev–Trinajstić information content (AvgIpc) is 2.69. The van der Waals surface area contributed by atoms with Crippen LogP contribution in [-0.4, -0.2) is 11.7 Å². The zero-order valence-corrected chi connectivity index (χ0v) is 14.6. The van der Waals surface area contributed by atoms with Gasteiger partial charge in [-0.1, -0.05) is 92.2 Å². The van der Waals surface area contributed by atoms with Crippen LogP contribution in [0.4, 0.5) is 0 Å². The van der Waals surface area contributed by atoms with Crippen molar-refractivity contribution in [1.82, 2.24) is 0 Å². The van der Waals surface area contributed by atoms with Gasteiger partial charge in [-0.05, 0) is 17.5 Å². The van der Waals surface area contributed by atoms with Crippen molar-refractivity contribution in [1.29, 1.82) is 0 Å². The highest BCUT2D eigenvalue weighted by atomic mass is 16.5. The van der Waals surface area contributed by atoms with E-state index in [-0.39, 0.29) is 0 Å². The molecular formula is C23H24O2. The molecule has 0 heterocycles. The van der Waals surface area contributed by atoms with Crippen LogP contribution in [-0.2, 0) is 0 Å². The van der Waals surface area contributed by atoms with E-state index in [1.54, 1.807) is 0 Å². The first-order valence-corrected chi connectivity index (χ1v) is 8.85. The van der Waals surface area contributed by atoms with Crippen molar-refractivity contribution in [3.05, 3.63) is 90.0 Å². The molecular weight excluding hydrogens is 308 g/mol. The van der Waals surface area contributed by atoms with Crippen molar-refractivity contribution in [3.63, 3.8) is 0 Å². The highest BCUT2D eigenvalue weighted by molar-refractivity contribution is 5.72. The normalized spacial score (nSPS) is 11.9. The van der Waals surface area contributed by atoms with E-state index in [1.807, 2.05) is 60.7 Å². The zero-order valence-electron chi connectivity index (χ0n) is 14.6. The van der Waals surface area contributed by atoms with E-state index in [4.69, 9.17) is 4.74 Å². The molecule has 0 aliphatic carbocycles. The van der Waals surface area contributed by atoms with Crippen LogP contribution in [0.3, 0.4) is 0 Å². The molecule has 0 bridgehead atoms. The molecule has 0 saturated carbocycles. The summed E-state index contributed by atoms with van der Waals surface area (Å²) >= 11 is 0. The van der Waals surface area contributed by atoms with Gasteiger partial charge in [0.25, 0.3) is 0 Å². The van der Waals surface area contributed by atoms with Gasteiger partial charge in [0, 0.05) is 11.1 Å². The molecule has 0 aliphatic rings. The molecule has 0 radical (unpaired) electrons. The summed E-state index contributed by atoms with van der Waals surface area (Å²) in [6, 6.07) is 25.9. The Bertz CT molecular complexity index is 782. The van der Waals surface area contributed by atoms with Crippen LogP contribution in [0.2, 0.25) is 0 Å². The maximum Gasteiger partial charge on any atom is 0.133 e. The van der Waals surface area contributed by atoms with Gasteiger partial charge >= 0.3 is 0 Å². The van der Waals surface area contributed by atoms with Crippen LogP contribution >= 0.6 is 0 Å². The summed E-state index contributed by atoms with van der Waals surface area (Å²) in [7, 11) is 0. The number of unbranched alkanes of at least 4 members (excludes halogenated alkanes) is 1. The Morgan fingerprint density at radius 1 is 0.840 bits per heavy atom. The molecule has 3 aromatic rings. The smallest absolute Gasteiger partial charge is 0.133 e. The Labute approximate surface area is 149 Å². The molecule has 128 valence electrons. The van der Waals surface area contributed by atoms with E-state index in [0.29, 0.717) is 6.61 Å². The Morgan fingerprint density at radius 3 is 2.20 bits per heavy atom. The molecule has 0 fully saturated rings. The lowest BCUT2D eigenvalue weighted by atomic mass is 9.95. The quantitative estimate of drug-likeness (QED) is 0.569. The second-order valence-electron chi connectivity index (χ2n) is 6.11. The topological polar surface area (TPSA) is 29.5 Å². The summed E-state index contributed by atoms with van der Waals surface area (Å²) in [5.41, 5.74) is 3.79. The predicted molar refractivity (Wildman–Crippen MR) is 103 cm³/mol. The molecule has 3 rings (SSSR count). The standard InChI is InChI=1S/C23H24O2/c1-2-3-17-25-23-20(18-11-6-4-7-12-18)15-10-16-21(23)22(24)19-13-8-5-9-14-19/h4-16,22,24H,2-3,17H2,1H3. The number of hydrogen-bond donors (Lipinski definition) is 1. The highest BCUT2D eigenvalue weighted by Crippen LogP contribution is 2.38. The van der Waals surface area contributed by atoms with Crippen LogP contribution in [0, 0.1) is 0 Å². The van der Waals surface area contributed by atoms with Gasteiger partial charge in [0.05, 0.1) is 6.61 Å². The van der Waals surface area contributed by atoms with Gasteiger partial charge in [0.2, 0.25) is 0 Å². The molecule has 0 aromatic heterocycles. The Kier molecular flexibility index (Phi) is 5.86. The van der Waals surface area contributed by atoms with Crippen molar-refractivity contribution in [3.8, 4) is 16.9 Å².